The van der Waals surface area contributed by atoms with Crippen LogP contribution in [0.15, 0.2) is 59.0 Å². The van der Waals surface area contributed by atoms with Crippen LogP contribution < -0.4 is 5.73 Å². The molecule has 3 rings (SSSR count). The third kappa shape index (κ3) is 3.48. The van der Waals surface area contributed by atoms with Gasteiger partial charge >= 0.3 is 0 Å². The Morgan fingerprint density at radius 1 is 0.952 bits per heavy atom. The number of hydrogen-bond donors (Lipinski definition) is 1. The van der Waals surface area contributed by atoms with Crippen molar-refractivity contribution in [2.45, 2.75) is 13.1 Å². The lowest BCUT2D eigenvalue weighted by atomic mass is 10.2. The predicted octanol–water partition coefficient (Wildman–Crippen LogP) is 2.79. The van der Waals surface area contributed by atoms with Gasteiger partial charge in [-0.1, -0.05) is 42.5 Å². The molecule has 0 aliphatic rings. The summed E-state index contributed by atoms with van der Waals surface area (Å²) in [6, 6.07) is 18.2. The maximum atomic E-state index is 5.79. The van der Waals surface area contributed by atoms with Gasteiger partial charge in [0, 0.05) is 19.6 Å². The van der Waals surface area contributed by atoms with Gasteiger partial charge in [-0.15, -0.1) is 0 Å². The van der Waals surface area contributed by atoms with Gasteiger partial charge in [-0.2, -0.15) is 0 Å². The highest BCUT2D eigenvalue weighted by atomic mass is 16.3. The van der Waals surface area contributed by atoms with Crippen molar-refractivity contribution in [3.8, 4) is 0 Å². The lowest BCUT2D eigenvalue weighted by Crippen LogP contribution is -2.28. The summed E-state index contributed by atoms with van der Waals surface area (Å²) >= 11 is 0. The lowest BCUT2D eigenvalue weighted by Gasteiger charge is -2.19. The molecule has 0 aliphatic carbocycles. The second-order valence-corrected chi connectivity index (χ2v) is 5.06. The topological polar surface area (TPSA) is 55.3 Å². The molecule has 0 atom stereocenters. The van der Waals surface area contributed by atoms with Crippen molar-refractivity contribution in [3.05, 3.63) is 66.1 Å². The number of benzene rings is 2. The number of para-hydroxylation sites is 2. The van der Waals surface area contributed by atoms with Crippen LogP contribution in [0.25, 0.3) is 11.1 Å². The number of hydrogen-bond acceptors (Lipinski definition) is 4. The molecule has 4 nitrogen and oxygen atoms in total. The molecule has 0 aliphatic heterocycles. The Kier molecular flexibility index (Phi) is 4.28. The molecular weight excluding hydrogens is 262 g/mol. The minimum Gasteiger partial charge on any atom is -0.439 e. The normalized spacial score (nSPS) is 11.3. The van der Waals surface area contributed by atoms with E-state index < -0.39 is 0 Å². The van der Waals surface area contributed by atoms with Crippen LogP contribution in [0.2, 0.25) is 0 Å². The highest BCUT2D eigenvalue weighted by Gasteiger charge is 2.11. The van der Waals surface area contributed by atoms with Crippen molar-refractivity contribution in [2.24, 2.45) is 5.73 Å². The zero-order valence-corrected chi connectivity index (χ0v) is 11.9. The largest absolute Gasteiger partial charge is 0.439 e. The van der Waals surface area contributed by atoms with E-state index in [1.165, 1.54) is 5.56 Å². The number of rotatable bonds is 6. The van der Waals surface area contributed by atoms with Crippen LogP contribution in [0.1, 0.15) is 11.5 Å². The zero-order valence-electron chi connectivity index (χ0n) is 11.9. The summed E-state index contributed by atoms with van der Waals surface area (Å²) in [5, 5.41) is 0. The Hall–Kier alpha value is -2.17. The fourth-order valence-corrected chi connectivity index (χ4v) is 2.42. The Morgan fingerprint density at radius 3 is 2.48 bits per heavy atom. The summed E-state index contributed by atoms with van der Waals surface area (Å²) in [5.74, 6) is 0.737. The third-order valence-corrected chi connectivity index (χ3v) is 3.39. The van der Waals surface area contributed by atoms with Gasteiger partial charge in [-0.25, -0.2) is 4.98 Å². The van der Waals surface area contributed by atoms with Gasteiger partial charge in [0.15, 0.2) is 5.58 Å². The fourth-order valence-electron chi connectivity index (χ4n) is 2.42. The molecule has 0 saturated heterocycles. The van der Waals surface area contributed by atoms with Gasteiger partial charge < -0.3 is 10.2 Å². The molecule has 0 radical (unpaired) electrons. The summed E-state index contributed by atoms with van der Waals surface area (Å²) in [4.78, 5) is 6.78. The molecule has 1 aromatic heterocycles. The lowest BCUT2D eigenvalue weighted by molar-refractivity contribution is 0.239. The van der Waals surface area contributed by atoms with E-state index in [1.807, 2.05) is 30.3 Å². The van der Waals surface area contributed by atoms with E-state index in [0.29, 0.717) is 13.1 Å². The van der Waals surface area contributed by atoms with Crippen molar-refractivity contribution in [1.29, 1.82) is 0 Å². The van der Waals surface area contributed by atoms with Crippen molar-refractivity contribution in [2.75, 3.05) is 13.1 Å². The standard InChI is InChI=1S/C17H19N3O/c18-10-11-20(12-14-6-2-1-3-7-14)13-17-19-15-8-4-5-9-16(15)21-17/h1-9H,10-13,18H2. The summed E-state index contributed by atoms with van der Waals surface area (Å²) < 4.78 is 5.79. The van der Waals surface area contributed by atoms with Crippen LogP contribution in [0, 0.1) is 0 Å². The molecule has 0 spiro atoms. The molecule has 21 heavy (non-hydrogen) atoms. The monoisotopic (exact) mass is 281 g/mol. The fraction of sp³-hybridized carbons (Fsp3) is 0.235. The summed E-state index contributed by atoms with van der Waals surface area (Å²) in [6.45, 7) is 2.94. The minimum atomic E-state index is 0.618. The summed E-state index contributed by atoms with van der Waals surface area (Å²) in [6.07, 6.45) is 0. The molecule has 4 heteroatoms. The van der Waals surface area contributed by atoms with Gasteiger partial charge in [0.25, 0.3) is 0 Å². The third-order valence-electron chi connectivity index (χ3n) is 3.39. The maximum Gasteiger partial charge on any atom is 0.209 e. The van der Waals surface area contributed by atoms with Crippen LogP contribution >= 0.6 is 0 Å². The second kappa shape index (κ2) is 6.52. The van der Waals surface area contributed by atoms with E-state index in [-0.39, 0.29) is 0 Å². The van der Waals surface area contributed by atoms with Gasteiger partial charge in [0.1, 0.15) is 5.52 Å². The van der Waals surface area contributed by atoms with Crippen LogP contribution in [-0.4, -0.2) is 23.0 Å². The molecule has 0 saturated carbocycles. The SMILES string of the molecule is NCCN(Cc1ccccc1)Cc1nc2ccccc2o1. The highest BCUT2D eigenvalue weighted by Crippen LogP contribution is 2.16. The first-order valence-electron chi connectivity index (χ1n) is 7.16. The van der Waals surface area contributed by atoms with Crippen molar-refractivity contribution >= 4 is 11.1 Å². The van der Waals surface area contributed by atoms with E-state index in [4.69, 9.17) is 10.2 Å². The molecule has 3 aromatic rings. The van der Waals surface area contributed by atoms with Crippen molar-refractivity contribution in [1.82, 2.24) is 9.88 Å². The van der Waals surface area contributed by atoms with Crippen LogP contribution in [0.3, 0.4) is 0 Å². The molecule has 0 amide bonds. The Labute approximate surface area is 124 Å². The van der Waals surface area contributed by atoms with Crippen LogP contribution in [0.5, 0.6) is 0 Å². The van der Waals surface area contributed by atoms with E-state index in [2.05, 4.69) is 34.1 Å². The molecule has 108 valence electrons. The number of nitrogens with two attached hydrogens (primary N) is 1. The average molecular weight is 281 g/mol. The maximum absolute atomic E-state index is 5.79. The molecule has 0 fully saturated rings. The molecule has 1 heterocycles. The van der Waals surface area contributed by atoms with Crippen molar-refractivity contribution in [3.63, 3.8) is 0 Å². The van der Waals surface area contributed by atoms with E-state index in [9.17, 15) is 0 Å². The second-order valence-electron chi connectivity index (χ2n) is 5.06. The average Bonchev–Trinajstić information content (AvgIpc) is 2.90. The first-order valence-corrected chi connectivity index (χ1v) is 7.16. The first-order chi connectivity index (χ1) is 10.3. The van der Waals surface area contributed by atoms with E-state index >= 15 is 0 Å². The van der Waals surface area contributed by atoms with Gasteiger partial charge in [-0.05, 0) is 17.7 Å². The smallest absolute Gasteiger partial charge is 0.209 e. The Bertz CT molecular complexity index is 660. The predicted molar refractivity (Wildman–Crippen MR) is 83.6 cm³/mol. The molecule has 0 unspecified atom stereocenters. The number of oxazole rings is 1. The molecule has 2 aromatic carbocycles. The quantitative estimate of drug-likeness (QED) is 0.755. The number of nitrogens with zero attached hydrogens (tertiary/aromatic N) is 2. The number of fused-ring (bicyclic) bond motifs is 1. The summed E-state index contributed by atoms with van der Waals surface area (Å²) in [5.41, 5.74) is 8.72. The summed E-state index contributed by atoms with van der Waals surface area (Å²) in [7, 11) is 0. The zero-order chi connectivity index (χ0) is 14.5. The van der Waals surface area contributed by atoms with Crippen molar-refractivity contribution < 1.29 is 4.42 Å². The van der Waals surface area contributed by atoms with Gasteiger partial charge in [0.05, 0.1) is 6.54 Å². The van der Waals surface area contributed by atoms with E-state index in [0.717, 1.165) is 30.1 Å². The Morgan fingerprint density at radius 2 is 1.71 bits per heavy atom. The van der Waals surface area contributed by atoms with Gasteiger partial charge in [0.2, 0.25) is 5.89 Å². The molecule has 2 N–H and O–H groups in total. The Balaban J connectivity index is 1.75. The van der Waals surface area contributed by atoms with Gasteiger partial charge in [-0.3, -0.25) is 4.90 Å². The first kappa shape index (κ1) is 13.8. The molecule has 0 bridgehead atoms. The van der Waals surface area contributed by atoms with Crippen LogP contribution in [0.4, 0.5) is 0 Å². The van der Waals surface area contributed by atoms with Crippen LogP contribution in [-0.2, 0) is 13.1 Å². The number of aromatic nitrogens is 1. The van der Waals surface area contributed by atoms with E-state index in [1.54, 1.807) is 0 Å². The molecular formula is C17H19N3O. The minimum absolute atomic E-state index is 0.618. The highest BCUT2D eigenvalue weighted by molar-refractivity contribution is 5.72.